The lowest BCUT2D eigenvalue weighted by molar-refractivity contribution is 0.0574. The summed E-state index contributed by atoms with van der Waals surface area (Å²) in [5.74, 6) is -2.02. The average Bonchev–Trinajstić information content (AvgIpc) is 2.69. The molecule has 1 aromatic rings. The molecule has 0 aliphatic carbocycles. The molecule has 0 spiro atoms. The Morgan fingerprint density at radius 2 is 1.94 bits per heavy atom. The summed E-state index contributed by atoms with van der Waals surface area (Å²) in [4.78, 5) is 22.7. The molecule has 0 bridgehead atoms. The van der Waals surface area contributed by atoms with E-state index in [0.29, 0.717) is 0 Å². The smallest absolute Gasteiger partial charge is 0.361 e. The van der Waals surface area contributed by atoms with Crippen LogP contribution in [-0.2, 0) is 4.74 Å². The number of aromatic carboxylic acids is 1. The first kappa shape index (κ1) is 14.4. The Bertz CT molecular complexity index is 478. The maximum Gasteiger partial charge on any atom is 0.361 e. The molecule has 1 atom stereocenters. The van der Waals surface area contributed by atoms with E-state index >= 15 is 0 Å². The van der Waals surface area contributed by atoms with Crippen LogP contribution in [-0.4, -0.2) is 47.2 Å². The van der Waals surface area contributed by atoms with Gasteiger partial charge >= 0.3 is 11.9 Å². The predicted molar refractivity (Wildman–Crippen MR) is 66.4 cm³/mol. The molecule has 0 aliphatic rings. The number of carboxylic acid groups (broad SMARTS) is 1. The Hall–Kier alpha value is -1.70. The van der Waals surface area contributed by atoms with Gasteiger partial charge in [-0.25, -0.2) is 14.3 Å². The molecule has 0 fully saturated rings. The van der Waals surface area contributed by atoms with Crippen LogP contribution < -0.4 is 0 Å². The summed E-state index contributed by atoms with van der Waals surface area (Å²) in [7, 11) is -0.490. The number of rotatable bonds is 4. The van der Waals surface area contributed by atoms with Gasteiger partial charge < -0.3 is 9.84 Å². The van der Waals surface area contributed by atoms with Crippen LogP contribution in [0.3, 0.4) is 0 Å². The fraction of sp³-hybridized carbons (Fsp3) is 0.600. The third kappa shape index (κ3) is 2.58. The second kappa shape index (κ2) is 4.89. The molecule has 1 rings (SSSR count). The average molecular weight is 271 g/mol. The molecule has 7 nitrogen and oxygen atoms in total. The standard InChI is InChI=1S/C10H17N3O4Si/c1-6(18(3,4)5)13-8(9(14)15)7(11-12-13)10(16)17-2/h6H,1-5H3,(H,14,15). The highest BCUT2D eigenvalue weighted by molar-refractivity contribution is 6.76. The second-order valence-electron chi connectivity index (χ2n) is 5.07. The van der Waals surface area contributed by atoms with E-state index in [4.69, 9.17) is 0 Å². The minimum Gasteiger partial charge on any atom is -0.476 e. The summed E-state index contributed by atoms with van der Waals surface area (Å²) in [6.07, 6.45) is 0. The number of aromatic nitrogens is 3. The summed E-state index contributed by atoms with van der Waals surface area (Å²) < 4.78 is 5.81. The van der Waals surface area contributed by atoms with E-state index in [2.05, 4.69) is 34.7 Å². The van der Waals surface area contributed by atoms with Gasteiger partial charge in [0.15, 0.2) is 5.69 Å². The van der Waals surface area contributed by atoms with Crippen LogP contribution in [0.25, 0.3) is 0 Å². The fourth-order valence-electron chi connectivity index (χ4n) is 1.36. The van der Waals surface area contributed by atoms with E-state index in [1.165, 1.54) is 11.8 Å². The van der Waals surface area contributed by atoms with Crippen LogP contribution in [0.5, 0.6) is 0 Å². The fourth-order valence-corrected chi connectivity index (χ4v) is 2.28. The number of carboxylic acids is 1. The lowest BCUT2D eigenvalue weighted by Gasteiger charge is -2.25. The number of nitrogens with zero attached hydrogens (tertiary/aromatic N) is 3. The summed E-state index contributed by atoms with van der Waals surface area (Å²) in [5, 5.41) is 16.6. The van der Waals surface area contributed by atoms with E-state index in [0.717, 1.165) is 0 Å². The highest BCUT2D eigenvalue weighted by atomic mass is 28.3. The van der Waals surface area contributed by atoms with Gasteiger partial charge in [0, 0.05) is 5.67 Å². The van der Waals surface area contributed by atoms with Crippen molar-refractivity contribution >= 4 is 20.0 Å². The highest BCUT2D eigenvalue weighted by Crippen LogP contribution is 2.22. The lowest BCUT2D eigenvalue weighted by atomic mass is 10.3. The van der Waals surface area contributed by atoms with Crippen molar-refractivity contribution in [1.82, 2.24) is 15.0 Å². The van der Waals surface area contributed by atoms with Crippen LogP contribution in [0, 0.1) is 0 Å². The Morgan fingerprint density at radius 1 is 1.39 bits per heavy atom. The van der Waals surface area contributed by atoms with Crippen molar-refractivity contribution in [3.63, 3.8) is 0 Å². The molecular formula is C10H17N3O4Si. The molecule has 0 radical (unpaired) electrons. The second-order valence-corrected chi connectivity index (χ2v) is 10.6. The maximum atomic E-state index is 11.4. The molecule has 0 aromatic carbocycles. The van der Waals surface area contributed by atoms with Gasteiger partial charge in [0.05, 0.1) is 15.2 Å². The number of esters is 1. The number of carbonyl (C=O) groups is 2. The number of hydrogen-bond donors (Lipinski definition) is 1. The maximum absolute atomic E-state index is 11.4. The molecule has 1 heterocycles. The van der Waals surface area contributed by atoms with Crippen LogP contribution in [0.1, 0.15) is 33.6 Å². The zero-order chi connectivity index (χ0) is 14.1. The molecule has 0 aliphatic heterocycles. The first-order valence-corrected chi connectivity index (χ1v) is 9.04. The first-order chi connectivity index (χ1) is 8.20. The molecule has 1 N–H and O–H groups in total. The van der Waals surface area contributed by atoms with Gasteiger partial charge in [0.25, 0.3) is 0 Å². The summed E-state index contributed by atoms with van der Waals surface area (Å²) >= 11 is 0. The van der Waals surface area contributed by atoms with Crippen molar-refractivity contribution < 1.29 is 19.4 Å². The number of carbonyl (C=O) groups excluding carboxylic acids is 1. The van der Waals surface area contributed by atoms with Gasteiger partial charge in [-0.15, -0.1) is 5.10 Å². The van der Waals surface area contributed by atoms with Crippen molar-refractivity contribution in [3.8, 4) is 0 Å². The molecule has 0 saturated carbocycles. The normalized spacial score (nSPS) is 13.2. The van der Waals surface area contributed by atoms with E-state index in [1.54, 1.807) is 0 Å². The van der Waals surface area contributed by atoms with Crippen molar-refractivity contribution in [1.29, 1.82) is 0 Å². The Morgan fingerprint density at radius 3 is 2.33 bits per heavy atom. The SMILES string of the molecule is COC(=O)c1nnn(C(C)[Si](C)(C)C)c1C(=O)O. The predicted octanol–water partition coefficient (Wildman–Crippen LogP) is 1.20. The third-order valence-electron chi connectivity index (χ3n) is 2.90. The zero-order valence-electron chi connectivity index (χ0n) is 11.1. The Balaban J connectivity index is 3.35. The molecule has 0 amide bonds. The molecular weight excluding hydrogens is 254 g/mol. The zero-order valence-corrected chi connectivity index (χ0v) is 12.1. The summed E-state index contributed by atoms with van der Waals surface area (Å²) in [6.45, 7) is 8.14. The van der Waals surface area contributed by atoms with E-state index in [-0.39, 0.29) is 17.1 Å². The Kier molecular flexibility index (Phi) is 3.90. The van der Waals surface area contributed by atoms with Crippen molar-refractivity contribution in [2.24, 2.45) is 0 Å². The van der Waals surface area contributed by atoms with Gasteiger partial charge in [-0.05, 0) is 6.92 Å². The largest absolute Gasteiger partial charge is 0.476 e. The summed E-state index contributed by atoms with van der Waals surface area (Å²) in [6, 6.07) is 0. The van der Waals surface area contributed by atoms with Crippen LogP contribution in [0.2, 0.25) is 19.6 Å². The topological polar surface area (TPSA) is 94.3 Å². The number of ether oxygens (including phenoxy) is 1. The van der Waals surface area contributed by atoms with Gasteiger partial charge in [-0.2, -0.15) is 0 Å². The van der Waals surface area contributed by atoms with Gasteiger partial charge in [-0.1, -0.05) is 24.9 Å². The monoisotopic (exact) mass is 271 g/mol. The molecule has 1 aromatic heterocycles. The molecule has 18 heavy (non-hydrogen) atoms. The van der Waals surface area contributed by atoms with Crippen molar-refractivity contribution in [3.05, 3.63) is 11.4 Å². The first-order valence-electron chi connectivity index (χ1n) is 5.47. The van der Waals surface area contributed by atoms with Crippen LogP contribution >= 0.6 is 0 Å². The van der Waals surface area contributed by atoms with Gasteiger partial charge in [-0.3, -0.25) is 0 Å². The molecule has 1 unspecified atom stereocenters. The molecule has 0 saturated heterocycles. The van der Waals surface area contributed by atoms with Crippen LogP contribution in [0.4, 0.5) is 0 Å². The summed E-state index contributed by atoms with van der Waals surface area (Å²) in [5.41, 5.74) is -0.554. The molecule has 8 heteroatoms. The Labute approximate surface area is 106 Å². The van der Waals surface area contributed by atoms with E-state index < -0.39 is 20.0 Å². The minimum absolute atomic E-state index is 0.0884. The van der Waals surface area contributed by atoms with E-state index in [1.807, 2.05) is 6.92 Å². The number of methoxy groups -OCH3 is 1. The number of hydrogen-bond acceptors (Lipinski definition) is 5. The molecule has 100 valence electrons. The third-order valence-corrected chi connectivity index (χ3v) is 5.65. The van der Waals surface area contributed by atoms with Crippen molar-refractivity contribution in [2.75, 3.05) is 7.11 Å². The highest BCUT2D eigenvalue weighted by Gasteiger charge is 2.33. The van der Waals surface area contributed by atoms with Crippen LogP contribution in [0.15, 0.2) is 0 Å². The van der Waals surface area contributed by atoms with E-state index in [9.17, 15) is 14.7 Å². The lowest BCUT2D eigenvalue weighted by Crippen LogP contribution is -2.35. The van der Waals surface area contributed by atoms with Gasteiger partial charge in [0.1, 0.15) is 0 Å². The van der Waals surface area contributed by atoms with Gasteiger partial charge in [0.2, 0.25) is 5.69 Å². The van der Waals surface area contributed by atoms with Crippen molar-refractivity contribution in [2.45, 2.75) is 32.2 Å². The minimum atomic E-state index is -1.67. The quantitative estimate of drug-likeness (QED) is 0.653.